The molecule has 0 aliphatic carbocycles. The van der Waals surface area contributed by atoms with Crippen molar-refractivity contribution in [3.63, 3.8) is 0 Å². The number of rotatable bonds is 6. The molecule has 1 aliphatic heterocycles. The SMILES string of the molecule is CSC[C@H]1O[C@@H](n2cnc3c(N)ncnc32)C[C@@H]1OC(=O)[C@@H](C)NC(=O)OC(C)(C)C. The van der Waals surface area contributed by atoms with Crippen LogP contribution in [0.5, 0.6) is 0 Å². The molecular weight excluding hydrogens is 424 g/mol. The lowest BCUT2D eigenvalue weighted by Gasteiger charge is -2.23. The van der Waals surface area contributed by atoms with E-state index in [2.05, 4.69) is 20.3 Å². The highest BCUT2D eigenvalue weighted by molar-refractivity contribution is 7.98. The lowest BCUT2D eigenvalue weighted by atomic mass is 10.2. The van der Waals surface area contributed by atoms with Crippen molar-refractivity contribution < 1.29 is 23.8 Å². The van der Waals surface area contributed by atoms with E-state index >= 15 is 0 Å². The number of amides is 1. The van der Waals surface area contributed by atoms with E-state index in [1.807, 2.05) is 6.26 Å². The predicted octanol–water partition coefficient (Wildman–Crippen LogP) is 1.88. The Morgan fingerprint density at radius 2 is 2.13 bits per heavy atom. The summed E-state index contributed by atoms with van der Waals surface area (Å²) in [4.78, 5) is 37.0. The first-order valence-electron chi connectivity index (χ1n) is 9.86. The van der Waals surface area contributed by atoms with Crippen LogP contribution in [0.2, 0.25) is 0 Å². The van der Waals surface area contributed by atoms with E-state index in [4.69, 9.17) is 19.9 Å². The Bertz CT molecular complexity index is 946. The maximum Gasteiger partial charge on any atom is 0.408 e. The summed E-state index contributed by atoms with van der Waals surface area (Å²) >= 11 is 1.58. The molecule has 1 saturated heterocycles. The van der Waals surface area contributed by atoms with Crippen LogP contribution < -0.4 is 11.1 Å². The van der Waals surface area contributed by atoms with Gasteiger partial charge in [0.2, 0.25) is 0 Å². The number of hydrogen-bond donors (Lipinski definition) is 2. The molecule has 1 fully saturated rings. The van der Waals surface area contributed by atoms with Gasteiger partial charge in [-0.2, -0.15) is 11.8 Å². The molecule has 0 unspecified atom stereocenters. The van der Waals surface area contributed by atoms with Gasteiger partial charge in [0.25, 0.3) is 0 Å². The maximum atomic E-state index is 12.6. The molecule has 1 aliphatic rings. The number of ether oxygens (including phenoxy) is 3. The molecule has 0 aromatic carbocycles. The molecule has 12 heteroatoms. The number of carbonyl (C=O) groups excluding carboxylic acids is 2. The number of aromatic nitrogens is 4. The molecule has 2 aromatic heterocycles. The molecular formula is C19H28N6O5S. The Morgan fingerprint density at radius 3 is 2.81 bits per heavy atom. The lowest BCUT2D eigenvalue weighted by Crippen LogP contribution is -2.44. The second-order valence-corrected chi connectivity index (χ2v) is 9.16. The molecule has 0 radical (unpaired) electrons. The number of nitrogens with two attached hydrogens (primary N) is 1. The molecule has 170 valence electrons. The summed E-state index contributed by atoms with van der Waals surface area (Å²) in [6.45, 7) is 6.79. The normalized spacial score (nSPS) is 22.3. The predicted molar refractivity (Wildman–Crippen MR) is 115 cm³/mol. The smallest absolute Gasteiger partial charge is 0.408 e. The van der Waals surface area contributed by atoms with Gasteiger partial charge in [-0.15, -0.1) is 0 Å². The van der Waals surface area contributed by atoms with E-state index in [-0.39, 0.29) is 11.9 Å². The quantitative estimate of drug-likeness (QED) is 0.623. The first-order valence-corrected chi connectivity index (χ1v) is 11.3. The summed E-state index contributed by atoms with van der Waals surface area (Å²) in [7, 11) is 0. The summed E-state index contributed by atoms with van der Waals surface area (Å²) in [5.41, 5.74) is 6.24. The van der Waals surface area contributed by atoms with Gasteiger partial charge in [0.1, 0.15) is 41.9 Å². The van der Waals surface area contributed by atoms with E-state index in [0.717, 1.165) is 0 Å². The zero-order valence-electron chi connectivity index (χ0n) is 18.2. The van der Waals surface area contributed by atoms with Crippen LogP contribution in [0.4, 0.5) is 10.6 Å². The Kier molecular flexibility index (Phi) is 6.90. The van der Waals surface area contributed by atoms with Gasteiger partial charge < -0.3 is 25.3 Å². The van der Waals surface area contributed by atoms with E-state index < -0.39 is 36.0 Å². The van der Waals surface area contributed by atoms with Gasteiger partial charge in [-0.1, -0.05) is 0 Å². The maximum absolute atomic E-state index is 12.6. The second-order valence-electron chi connectivity index (χ2n) is 8.25. The van der Waals surface area contributed by atoms with E-state index in [9.17, 15) is 9.59 Å². The topological polar surface area (TPSA) is 143 Å². The van der Waals surface area contributed by atoms with Crippen molar-refractivity contribution in [3.05, 3.63) is 12.7 Å². The number of imidazole rings is 1. The number of hydrogen-bond acceptors (Lipinski definition) is 10. The molecule has 2 aromatic rings. The van der Waals surface area contributed by atoms with Crippen molar-refractivity contribution >= 4 is 40.8 Å². The number of thioether (sulfide) groups is 1. The fourth-order valence-electron chi connectivity index (χ4n) is 3.18. The van der Waals surface area contributed by atoms with Crippen LogP contribution in [0.25, 0.3) is 11.2 Å². The molecule has 0 bridgehead atoms. The molecule has 3 rings (SSSR count). The minimum absolute atomic E-state index is 0.285. The van der Waals surface area contributed by atoms with Crippen molar-refractivity contribution in [2.45, 2.75) is 64.2 Å². The summed E-state index contributed by atoms with van der Waals surface area (Å²) in [6, 6.07) is -0.870. The van der Waals surface area contributed by atoms with Gasteiger partial charge >= 0.3 is 12.1 Å². The number of carbonyl (C=O) groups is 2. The average molecular weight is 453 g/mol. The molecule has 4 atom stereocenters. The van der Waals surface area contributed by atoms with E-state index in [1.165, 1.54) is 6.33 Å². The number of anilines is 1. The third-order valence-corrected chi connectivity index (χ3v) is 5.22. The van der Waals surface area contributed by atoms with Gasteiger partial charge in [0.15, 0.2) is 11.5 Å². The van der Waals surface area contributed by atoms with Crippen LogP contribution in [-0.2, 0) is 19.0 Å². The highest BCUT2D eigenvalue weighted by atomic mass is 32.2. The minimum atomic E-state index is -0.870. The summed E-state index contributed by atoms with van der Waals surface area (Å²) in [5, 5.41) is 2.50. The molecule has 0 saturated carbocycles. The number of esters is 1. The zero-order chi connectivity index (χ0) is 22.8. The Hall–Kier alpha value is -2.60. The van der Waals surface area contributed by atoms with Crippen molar-refractivity contribution in [1.82, 2.24) is 24.8 Å². The van der Waals surface area contributed by atoms with E-state index in [0.29, 0.717) is 23.3 Å². The van der Waals surface area contributed by atoms with Gasteiger partial charge in [0, 0.05) is 12.2 Å². The fraction of sp³-hybridized carbons (Fsp3) is 0.632. The standard InChI is InChI=1S/C19H28N6O5S/c1-10(24-18(27)30-19(2,3)4)17(26)29-11-6-13(28-12(11)7-31-5)25-9-23-14-15(20)21-8-22-16(14)25/h8-13H,6-7H2,1-5H3,(H,24,27)(H2,20,21,22)/t10-,11+,12-,13-/m1/s1. The number of fused-ring (bicyclic) bond motifs is 1. The first-order chi connectivity index (χ1) is 14.6. The number of nitrogens with one attached hydrogen (secondary N) is 1. The number of alkyl carbamates (subject to hydrolysis) is 1. The lowest BCUT2D eigenvalue weighted by molar-refractivity contribution is -0.153. The zero-order valence-corrected chi connectivity index (χ0v) is 19.0. The first kappa shape index (κ1) is 23.1. The van der Waals surface area contributed by atoms with Crippen LogP contribution in [-0.4, -0.2) is 67.4 Å². The van der Waals surface area contributed by atoms with Gasteiger partial charge in [-0.05, 0) is 34.0 Å². The Balaban J connectivity index is 1.68. The summed E-state index contributed by atoms with van der Waals surface area (Å²) in [6.07, 6.45) is 3.38. The fourth-order valence-corrected chi connectivity index (χ4v) is 3.81. The minimum Gasteiger partial charge on any atom is -0.458 e. The van der Waals surface area contributed by atoms with Crippen LogP contribution in [0.3, 0.4) is 0 Å². The average Bonchev–Trinajstić information content (AvgIpc) is 3.25. The molecule has 3 N–H and O–H groups in total. The van der Waals surface area contributed by atoms with Crippen molar-refractivity contribution in [2.24, 2.45) is 0 Å². The van der Waals surface area contributed by atoms with Crippen LogP contribution >= 0.6 is 11.8 Å². The Morgan fingerprint density at radius 1 is 1.39 bits per heavy atom. The second kappa shape index (κ2) is 9.27. The highest BCUT2D eigenvalue weighted by Gasteiger charge is 2.40. The summed E-state index contributed by atoms with van der Waals surface area (Å²) in [5.74, 6) is 0.354. The van der Waals surface area contributed by atoms with Gasteiger partial charge in [0.05, 0.1) is 6.33 Å². The van der Waals surface area contributed by atoms with Gasteiger partial charge in [-0.25, -0.2) is 24.5 Å². The van der Waals surface area contributed by atoms with E-state index in [1.54, 1.807) is 50.4 Å². The number of nitrogens with zero attached hydrogens (tertiary/aromatic N) is 4. The monoisotopic (exact) mass is 452 g/mol. The molecule has 0 spiro atoms. The molecule has 1 amide bonds. The van der Waals surface area contributed by atoms with Crippen molar-refractivity contribution in [1.29, 1.82) is 0 Å². The summed E-state index contributed by atoms with van der Waals surface area (Å²) < 4.78 is 18.8. The largest absolute Gasteiger partial charge is 0.458 e. The van der Waals surface area contributed by atoms with Crippen molar-refractivity contribution in [2.75, 3.05) is 17.7 Å². The Labute approximate surface area is 184 Å². The molecule has 31 heavy (non-hydrogen) atoms. The van der Waals surface area contributed by atoms with Crippen LogP contribution in [0.1, 0.15) is 40.3 Å². The third kappa shape index (κ3) is 5.56. The van der Waals surface area contributed by atoms with Crippen molar-refractivity contribution in [3.8, 4) is 0 Å². The molecule has 3 heterocycles. The highest BCUT2D eigenvalue weighted by Crippen LogP contribution is 2.34. The molecule has 11 nitrogen and oxygen atoms in total. The number of nitrogen functional groups attached to an aromatic ring is 1. The van der Waals surface area contributed by atoms with Crippen LogP contribution in [0, 0.1) is 0 Å². The third-order valence-electron chi connectivity index (χ3n) is 4.56. The van der Waals surface area contributed by atoms with Crippen LogP contribution in [0.15, 0.2) is 12.7 Å². The van der Waals surface area contributed by atoms with Gasteiger partial charge in [-0.3, -0.25) is 4.57 Å².